The molecule has 0 aliphatic carbocycles. The van der Waals surface area contributed by atoms with E-state index in [-0.39, 0.29) is 23.4 Å². The van der Waals surface area contributed by atoms with Crippen LogP contribution in [0.4, 0.5) is 11.4 Å². The molecule has 0 atom stereocenters. The Hall–Kier alpha value is -4.46. The van der Waals surface area contributed by atoms with E-state index in [2.05, 4.69) is 4.98 Å². The smallest absolute Gasteiger partial charge is 0.269 e. The number of methoxy groups -OCH3 is 1. The number of nitrogens with zero attached hydrogens (tertiary/aromatic N) is 2. The van der Waals surface area contributed by atoms with E-state index < -0.39 is 10.8 Å². The number of para-hydroxylation sites is 2. The van der Waals surface area contributed by atoms with Crippen LogP contribution in [0.25, 0.3) is 10.9 Å². The van der Waals surface area contributed by atoms with Gasteiger partial charge in [-0.15, -0.1) is 0 Å². The number of aromatic nitrogens is 1. The van der Waals surface area contributed by atoms with E-state index in [1.54, 1.807) is 30.3 Å². The number of non-ortho nitro benzene ring substituents is 1. The number of hydrogen-bond acceptors (Lipinski definition) is 5. The third-order valence-corrected chi connectivity index (χ3v) is 5.35. The number of amides is 1. The lowest BCUT2D eigenvalue weighted by Crippen LogP contribution is -2.33. The number of fused-ring (bicyclic) bond motifs is 1. The highest BCUT2D eigenvalue weighted by atomic mass is 16.6. The lowest BCUT2D eigenvalue weighted by atomic mass is 10.1. The summed E-state index contributed by atoms with van der Waals surface area (Å²) < 4.78 is 5.45. The number of nitro groups is 1. The summed E-state index contributed by atoms with van der Waals surface area (Å²) in [4.78, 5) is 41.1. The van der Waals surface area contributed by atoms with Crippen molar-refractivity contribution < 1.29 is 14.5 Å². The third-order valence-electron chi connectivity index (χ3n) is 5.35. The van der Waals surface area contributed by atoms with E-state index in [1.165, 1.54) is 36.3 Å². The van der Waals surface area contributed by atoms with Gasteiger partial charge in [0.1, 0.15) is 5.75 Å². The molecule has 0 saturated heterocycles. The monoisotopic (exact) mass is 443 g/mol. The Balaban J connectivity index is 1.79. The van der Waals surface area contributed by atoms with Gasteiger partial charge in [0.15, 0.2) is 0 Å². The van der Waals surface area contributed by atoms with Gasteiger partial charge in [-0.1, -0.05) is 24.3 Å². The molecule has 1 heterocycles. The first-order valence-corrected chi connectivity index (χ1v) is 10.2. The lowest BCUT2D eigenvalue weighted by molar-refractivity contribution is -0.384. The van der Waals surface area contributed by atoms with Crippen LogP contribution in [0.5, 0.6) is 5.75 Å². The summed E-state index contributed by atoms with van der Waals surface area (Å²) in [5.74, 6) is 0.0402. The molecule has 4 rings (SSSR count). The zero-order valence-corrected chi connectivity index (χ0v) is 18.1. The van der Waals surface area contributed by atoms with Crippen molar-refractivity contribution in [2.24, 2.45) is 0 Å². The van der Waals surface area contributed by atoms with Crippen LogP contribution in [0.15, 0.2) is 77.6 Å². The summed E-state index contributed by atoms with van der Waals surface area (Å²) in [6.07, 6.45) is 0. The molecule has 1 amide bonds. The summed E-state index contributed by atoms with van der Waals surface area (Å²) in [6, 6.07) is 19.9. The third kappa shape index (κ3) is 4.45. The fourth-order valence-corrected chi connectivity index (χ4v) is 3.65. The minimum atomic E-state index is -0.525. The average molecular weight is 443 g/mol. The molecule has 0 spiro atoms. The van der Waals surface area contributed by atoms with Crippen LogP contribution in [-0.4, -0.2) is 22.9 Å². The number of hydrogen-bond donors (Lipinski definition) is 1. The molecule has 1 N–H and O–H groups in total. The number of carbonyl (C=O) groups excluding carboxylic acids is 1. The number of aromatic amines is 1. The number of carbonyl (C=O) groups is 1. The van der Waals surface area contributed by atoms with Crippen molar-refractivity contribution in [1.29, 1.82) is 0 Å². The Morgan fingerprint density at radius 3 is 2.48 bits per heavy atom. The van der Waals surface area contributed by atoms with Crippen molar-refractivity contribution in [3.8, 4) is 5.75 Å². The minimum absolute atomic E-state index is 0.0185. The van der Waals surface area contributed by atoms with Gasteiger partial charge in [-0.05, 0) is 54.3 Å². The molecule has 1 aromatic heterocycles. The number of ether oxygens (including phenoxy) is 1. The highest BCUT2D eigenvalue weighted by Gasteiger charge is 2.23. The standard InChI is InChI=1S/C25H21N3O5/c1-16-7-8-18-14-19(24(29)26-21(18)13-16)15-27(22-5-3-4-6-23(22)33-2)25(30)17-9-11-20(12-10-17)28(31)32/h3-14H,15H2,1-2H3,(H,26,29). The topological polar surface area (TPSA) is 106 Å². The summed E-state index contributed by atoms with van der Waals surface area (Å²) in [5, 5.41) is 11.8. The van der Waals surface area contributed by atoms with Crippen LogP contribution < -0.4 is 15.2 Å². The van der Waals surface area contributed by atoms with Crippen LogP contribution in [0.1, 0.15) is 21.5 Å². The molecule has 0 saturated carbocycles. The van der Waals surface area contributed by atoms with E-state index in [0.29, 0.717) is 22.5 Å². The Kier molecular flexibility index (Phi) is 5.91. The van der Waals surface area contributed by atoms with Crippen molar-refractivity contribution in [1.82, 2.24) is 4.98 Å². The second-order valence-electron chi connectivity index (χ2n) is 7.58. The van der Waals surface area contributed by atoms with Crippen LogP contribution >= 0.6 is 0 Å². The van der Waals surface area contributed by atoms with Crippen molar-refractivity contribution >= 4 is 28.2 Å². The van der Waals surface area contributed by atoms with E-state index in [4.69, 9.17) is 4.74 Å². The maximum Gasteiger partial charge on any atom is 0.269 e. The lowest BCUT2D eigenvalue weighted by Gasteiger charge is -2.24. The molecule has 8 nitrogen and oxygen atoms in total. The van der Waals surface area contributed by atoms with Crippen LogP contribution in [0.2, 0.25) is 0 Å². The van der Waals surface area contributed by atoms with Gasteiger partial charge in [-0.3, -0.25) is 19.7 Å². The Labute approximate surface area is 189 Å². The first-order chi connectivity index (χ1) is 15.9. The fraction of sp³-hybridized carbons (Fsp3) is 0.120. The highest BCUT2D eigenvalue weighted by molar-refractivity contribution is 6.07. The van der Waals surface area contributed by atoms with Gasteiger partial charge < -0.3 is 14.6 Å². The maximum atomic E-state index is 13.5. The predicted octanol–water partition coefficient (Wildman–Crippen LogP) is 4.60. The molecule has 0 radical (unpaired) electrons. The fourth-order valence-electron chi connectivity index (χ4n) is 3.65. The van der Waals surface area contributed by atoms with Crippen LogP contribution in [-0.2, 0) is 6.54 Å². The quantitative estimate of drug-likeness (QED) is 0.346. The van der Waals surface area contributed by atoms with Gasteiger partial charge in [0.05, 0.1) is 24.3 Å². The van der Waals surface area contributed by atoms with Gasteiger partial charge in [-0.25, -0.2) is 0 Å². The molecule has 3 aromatic carbocycles. The molecule has 4 aromatic rings. The van der Waals surface area contributed by atoms with E-state index in [9.17, 15) is 19.7 Å². The van der Waals surface area contributed by atoms with Gasteiger partial charge in [0.2, 0.25) is 0 Å². The number of nitro benzene ring substituents is 1. The summed E-state index contributed by atoms with van der Waals surface area (Å²) in [6.45, 7) is 1.92. The molecule has 8 heteroatoms. The van der Waals surface area contributed by atoms with Crippen molar-refractivity contribution in [2.45, 2.75) is 13.5 Å². The first kappa shape index (κ1) is 21.8. The molecule has 0 bridgehead atoms. The van der Waals surface area contributed by atoms with Gasteiger partial charge in [0, 0.05) is 28.8 Å². The minimum Gasteiger partial charge on any atom is -0.495 e. The Morgan fingerprint density at radius 1 is 1.06 bits per heavy atom. The van der Waals surface area contributed by atoms with E-state index in [1.807, 2.05) is 25.1 Å². The SMILES string of the molecule is COc1ccccc1N(Cc1cc2ccc(C)cc2[nH]c1=O)C(=O)c1ccc([N+](=O)[O-])cc1. The van der Waals surface area contributed by atoms with Crippen molar-refractivity contribution in [2.75, 3.05) is 12.0 Å². The summed E-state index contributed by atoms with van der Waals surface area (Å²) in [5.41, 5.74) is 2.45. The average Bonchev–Trinajstić information content (AvgIpc) is 2.82. The molecule has 0 aliphatic rings. The second kappa shape index (κ2) is 8.96. The largest absolute Gasteiger partial charge is 0.495 e. The van der Waals surface area contributed by atoms with Gasteiger partial charge >= 0.3 is 0 Å². The first-order valence-electron chi connectivity index (χ1n) is 10.2. The number of benzene rings is 3. The van der Waals surface area contributed by atoms with E-state index >= 15 is 0 Å². The molecule has 33 heavy (non-hydrogen) atoms. The summed E-state index contributed by atoms with van der Waals surface area (Å²) >= 11 is 0. The van der Waals surface area contributed by atoms with Crippen LogP contribution in [0.3, 0.4) is 0 Å². The zero-order valence-electron chi connectivity index (χ0n) is 18.1. The molecular weight excluding hydrogens is 422 g/mol. The van der Waals surface area contributed by atoms with Gasteiger partial charge in [-0.2, -0.15) is 0 Å². The normalized spacial score (nSPS) is 10.7. The highest BCUT2D eigenvalue weighted by Crippen LogP contribution is 2.30. The van der Waals surface area contributed by atoms with Crippen molar-refractivity contribution in [3.63, 3.8) is 0 Å². The van der Waals surface area contributed by atoms with E-state index in [0.717, 1.165) is 10.9 Å². The molecular formula is C25H21N3O5. The second-order valence-corrected chi connectivity index (χ2v) is 7.58. The molecule has 0 unspecified atom stereocenters. The molecule has 0 aliphatic heterocycles. The maximum absolute atomic E-state index is 13.5. The Morgan fingerprint density at radius 2 is 1.79 bits per heavy atom. The number of H-pyrrole nitrogens is 1. The molecule has 0 fully saturated rings. The Bertz CT molecular complexity index is 1410. The molecule has 166 valence electrons. The number of anilines is 1. The zero-order chi connectivity index (χ0) is 23.5. The van der Waals surface area contributed by atoms with Crippen LogP contribution in [0, 0.1) is 17.0 Å². The number of pyridine rings is 1. The van der Waals surface area contributed by atoms with Crippen molar-refractivity contribution in [3.05, 3.63) is 110 Å². The number of aryl methyl sites for hydroxylation is 1. The van der Waals surface area contributed by atoms with Gasteiger partial charge in [0.25, 0.3) is 17.2 Å². The predicted molar refractivity (Wildman–Crippen MR) is 126 cm³/mol. The summed E-state index contributed by atoms with van der Waals surface area (Å²) in [7, 11) is 1.50. The number of rotatable bonds is 6. The number of nitrogens with one attached hydrogen (secondary N) is 1.